The summed E-state index contributed by atoms with van der Waals surface area (Å²) in [5.41, 5.74) is 1.03. The van der Waals surface area contributed by atoms with Crippen molar-refractivity contribution in [1.82, 2.24) is 20.4 Å². The number of fused-ring (bicyclic) bond motifs is 2. The molecule has 6 nitrogen and oxygen atoms in total. The summed E-state index contributed by atoms with van der Waals surface area (Å²) in [6.45, 7) is 1.50. The fourth-order valence-corrected chi connectivity index (χ4v) is 4.57. The van der Waals surface area contributed by atoms with Gasteiger partial charge in [0.05, 0.1) is 12.2 Å². The first-order valence-corrected chi connectivity index (χ1v) is 9.52. The highest BCUT2D eigenvalue weighted by Gasteiger charge is 2.33. The molecule has 0 radical (unpaired) electrons. The molecule has 1 aromatic heterocycles. The third-order valence-corrected chi connectivity index (χ3v) is 5.93. The lowest BCUT2D eigenvalue weighted by Crippen LogP contribution is -2.48. The van der Waals surface area contributed by atoms with E-state index in [9.17, 15) is 4.79 Å². The van der Waals surface area contributed by atoms with Crippen molar-refractivity contribution < 1.29 is 9.53 Å². The SMILES string of the molecule is Cn1cc([C@H]2OCCC[C@@H]2NC(=O)NCC2CC3C=CC2CC3)cn1. The van der Waals surface area contributed by atoms with Gasteiger partial charge in [-0.25, -0.2) is 4.79 Å². The molecule has 2 bridgehead atoms. The van der Waals surface area contributed by atoms with Gasteiger partial charge in [-0.2, -0.15) is 5.10 Å². The minimum atomic E-state index is -0.109. The third-order valence-electron chi connectivity index (χ3n) is 5.93. The van der Waals surface area contributed by atoms with Crippen LogP contribution in [-0.4, -0.2) is 35.0 Å². The molecule has 6 heteroatoms. The largest absolute Gasteiger partial charge is 0.371 e. The van der Waals surface area contributed by atoms with E-state index in [1.165, 1.54) is 19.3 Å². The highest BCUT2D eigenvalue weighted by molar-refractivity contribution is 5.74. The van der Waals surface area contributed by atoms with E-state index in [-0.39, 0.29) is 18.2 Å². The minimum Gasteiger partial charge on any atom is -0.371 e. The highest BCUT2D eigenvalue weighted by atomic mass is 16.5. The number of aryl methyl sites for hydroxylation is 1. The standard InChI is InChI=1S/C19H28N4O2/c1-23-12-16(11-21-23)18-17(3-2-8-25-18)22-19(24)20-10-15-9-13-4-6-14(15)7-5-13/h4,6,11-15,17-18H,2-3,5,7-10H2,1H3,(H2,20,22,24)/t13?,14?,15?,17-,18+/m0/s1. The molecule has 2 fully saturated rings. The lowest BCUT2D eigenvalue weighted by Gasteiger charge is -2.38. The molecule has 2 heterocycles. The fourth-order valence-electron chi connectivity index (χ4n) is 4.57. The molecule has 25 heavy (non-hydrogen) atoms. The average Bonchev–Trinajstić information content (AvgIpc) is 3.08. The molecule has 5 rings (SSSR count). The summed E-state index contributed by atoms with van der Waals surface area (Å²) in [6, 6.07) is -0.0736. The first-order chi connectivity index (χ1) is 12.2. The number of urea groups is 1. The van der Waals surface area contributed by atoms with Crippen LogP contribution in [0.15, 0.2) is 24.5 Å². The monoisotopic (exact) mass is 344 g/mol. The van der Waals surface area contributed by atoms with E-state index in [2.05, 4.69) is 27.9 Å². The number of aromatic nitrogens is 2. The summed E-state index contributed by atoms with van der Waals surface area (Å²) in [6.07, 6.45) is 14.1. The van der Waals surface area contributed by atoms with Gasteiger partial charge in [0.2, 0.25) is 0 Å². The smallest absolute Gasteiger partial charge is 0.315 e. The number of carbonyl (C=O) groups is 1. The van der Waals surface area contributed by atoms with Crippen molar-refractivity contribution in [2.45, 2.75) is 44.2 Å². The average molecular weight is 344 g/mol. The van der Waals surface area contributed by atoms with Gasteiger partial charge in [0, 0.05) is 32.0 Å². The van der Waals surface area contributed by atoms with E-state index in [1.807, 2.05) is 19.4 Å². The maximum atomic E-state index is 12.4. The zero-order valence-electron chi connectivity index (χ0n) is 14.9. The maximum absolute atomic E-state index is 12.4. The molecule has 1 aromatic rings. The summed E-state index contributed by atoms with van der Waals surface area (Å²) in [5.74, 6) is 1.96. The number of nitrogens with zero attached hydrogens (tertiary/aromatic N) is 2. The number of amides is 2. The Morgan fingerprint density at radius 2 is 2.28 bits per heavy atom. The molecule has 0 aromatic carbocycles. The van der Waals surface area contributed by atoms with Gasteiger partial charge in [0.15, 0.2) is 0 Å². The Morgan fingerprint density at radius 3 is 2.96 bits per heavy atom. The van der Waals surface area contributed by atoms with Crippen LogP contribution >= 0.6 is 0 Å². The molecule has 2 amide bonds. The summed E-state index contributed by atoms with van der Waals surface area (Å²) in [7, 11) is 1.90. The van der Waals surface area contributed by atoms with E-state index < -0.39 is 0 Å². The zero-order chi connectivity index (χ0) is 17.2. The lowest BCUT2D eigenvalue weighted by molar-refractivity contribution is -0.00751. The van der Waals surface area contributed by atoms with Crippen LogP contribution < -0.4 is 10.6 Å². The summed E-state index contributed by atoms with van der Waals surface area (Å²) in [5, 5.41) is 10.5. The summed E-state index contributed by atoms with van der Waals surface area (Å²) in [4.78, 5) is 12.4. The molecule has 4 aliphatic rings. The van der Waals surface area contributed by atoms with Crippen molar-refractivity contribution in [1.29, 1.82) is 0 Å². The summed E-state index contributed by atoms with van der Waals surface area (Å²) < 4.78 is 7.69. The van der Waals surface area contributed by atoms with E-state index in [1.54, 1.807) is 4.68 Å². The van der Waals surface area contributed by atoms with Gasteiger partial charge >= 0.3 is 6.03 Å². The molecule has 2 N–H and O–H groups in total. The van der Waals surface area contributed by atoms with Crippen molar-refractivity contribution in [2.24, 2.45) is 24.8 Å². The Balaban J connectivity index is 1.31. The van der Waals surface area contributed by atoms with Gasteiger partial charge in [-0.05, 0) is 49.9 Å². The summed E-state index contributed by atoms with van der Waals surface area (Å²) >= 11 is 0. The first kappa shape index (κ1) is 16.6. The van der Waals surface area contributed by atoms with Crippen molar-refractivity contribution in [2.75, 3.05) is 13.2 Å². The number of allylic oxidation sites excluding steroid dienone is 2. The molecule has 1 saturated heterocycles. The molecule has 5 atom stereocenters. The van der Waals surface area contributed by atoms with Crippen LogP contribution in [0, 0.1) is 17.8 Å². The number of hydrogen-bond donors (Lipinski definition) is 2. The van der Waals surface area contributed by atoms with Crippen molar-refractivity contribution in [3.8, 4) is 0 Å². The molecular formula is C19H28N4O2. The molecular weight excluding hydrogens is 316 g/mol. The zero-order valence-corrected chi connectivity index (χ0v) is 14.9. The highest BCUT2D eigenvalue weighted by Crippen LogP contribution is 2.39. The Morgan fingerprint density at radius 1 is 1.36 bits per heavy atom. The Labute approximate surface area is 149 Å². The van der Waals surface area contributed by atoms with Crippen LogP contribution in [0.2, 0.25) is 0 Å². The fraction of sp³-hybridized carbons (Fsp3) is 0.684. The number of rotatable bonds is 4. The normalized spacial score (nSPS) is 34.0. The topological polar surface area (TPSA) is 68.2 Å². The molecule has 1 aliphatic heterocycles. The quantitative estimate of drug-likeness (QED) is 0.825. The van der Waals surface area contributed by atoms with Crippen LogP contribution in [0.3, 0.4) is 0 Å². The minimum absolute atomic E-state index is 0.000605. The molecule has 0 spiro atoms. The van der Waals surface area contributed by atoms with E-state index in [4.69, 9.17) is 4.74 Å². The van der Waals surface area contributed by atoms with Crippen molar-refractivity contribution in [3.63, 3.8) is 0 Å². The predicted molar refractivity (Wildman–Crippen MR) is 94.9 cm³/mol. The Hall–Kier alpha value is -1.82. The molecule has 3 unspecified atom stereocenters. The van der Waals surface area contributed by atoms with Crippen LogP contribution in [-0.2, 0) is 11.8 Å². The molecule has 3 aliphatic carbocycles. The second-order valence-corrected chi connectivity index (χ2v) is 7.72. The van der Waals surface area contributed by atoms with Crippen LogP contribution in [0.4, 0.5) is 4.79 Å². The first-order valence-electron chi connectivity index (χ1n) is 9.52. The maximum Gasteiger partial charge on any atom is 0.315 e. The van der Waals surface area contributed by atoms with Crippen molar-refractivity contribution >= 4 is 6.03 Å². The second-order valence-electron chi connectivity index (χ2n) is 7.72. The Bertz CT molecular complexity index is 641. The molecule has 136 valence electrons. The van der Waals surface area contributed by atoms with Gasteiger partial charge in [0.1, 0.15) is 6.10 Å². The van der Waals surface area contributed by atoms with Gasteiger partial charge in [0.25, 0.3) is 0 Å². The lowest BCUT2D eigenvalue weighted by atomic mass is 9.69. The van der Waals surface area contributed by atoms with Gasteiger partial charge in [-0.3, -0.25) is 4.68 Å². The number of nitrogens with one attached hydrogen (secondary N) is 2. The van der Waals surface area contributed by atoms with Crippen LogP contribution in [0.25, 0.3) is 0 Å². The van der Waals surface area contributed by atoms with Gasteiger partial charge in [-0.1, -0.05) is 12.2 Å². The van der Waals surface area contributed by atoms with Gasteiger partial charge in [-0.15, -0.1) is 0 Å². The van der Waals surface area contributed by atoms with Crippen LogP contribution in [0.5, 0.6) is 0 Å². The van der Waals surface area contributed by atoms with E-state index in [0.717, 1.165) is 37.5 Å². The van der Waals surface area contributed by atoms with Crippen LogP contribution in [0.1, 0.15) is 43.8 Å². The Kier molecular flexibility index (Phi) is 4.79. The molecule has 1 saturated carbocycles. The van der Waals surface area contributed by atoms with E-state index >= 15 is 0 Å². The second kappa shape index (κ2) is 7.20. The number of hydrogen-bond acceptors (Lipinski definition) is 3. The van der Waals surface area contributed by atoms with Gasteiger partial charge < -0.3 is 15.4 Å². The van der Waals surface area contributed by atoms with E-state index in [0.29, 0.717) is 11.8 Å². The predicted octanol–water partition coefficient (Wildman–Crippen LogP) is 2.54. The number of ether oxygens (including phenoxy) is 1. The third kappa shape index (κ3) is 3.73. The van der Waals surface area contributed by atoms with Crippen molar-refractivity contribution in [3.05, 3.63) is 30.1 Å². The number of carbonyl (C=O) groups excluding carboxylic acids is 1.